The molecule has 0 saturated carbocycles. The smallest absolute Gasteiger partial charge is 0.226 e. The third-order valence-electron chi connectivity index (χ3n) is 4.85. The summed E-state index contributed by atoms with van der Waals surface area (Å²) in [6.07, 6.45) is 1.87. The Morgan fingerprint density at radius 2 is 1.85 bits per heavy atom. The van der Waals surface area contributed by atoms with Crippen molar-refractivity contribution in [3.05, 3.63) is 40.9 Å². The number of rotatable bonds is 4. The molecular formula is C19H27Cl2N3OS. The van der Waals surface area contributed by atoms with Crippen molar-refractivity contribution in [1.29, 1.82) is 0 Å². The van der Waals surface area contributed by atoms with Crippen LogP contribution in [0.15, 0.2) is 30.3 Å². The molecule has 1 N–H and O–H groups in total. The number of carbonyl (C=O) groups excluding carboxylic acids is 1. The molecule has 0 spiro atoms. The normalized spacial score (nSPS) is 15.5. The van der Waals surface area contributed by atoms with Gasteiger partial charge < -0.3 is 10.2 Å². The first-order chi connectivity index (χ1) is 11.6. The minimum absolute atomic E-state index is 0. The minimum Gasteiger partial charge on any atom is -0.338 e. The molecule has 4 nitrogen and oxygen atoms in total. The number of aryl methyl sites for hydroxylation is 1. The molecule has 1 unspecified atom stereocenters. The quantitative estimate of drug-likeness (QED) is 0.799. The van der Waals surface area contributed by atoms with Crippen molar-refractivity contribution < 1.29 is 4.79 Å². The molecule has 1 atom stereocenters. The number of amides is 1. The van der Waals surface area contributed by atoms with Gasteiger partial charge in [-0.2, -0.15) is 0 Å². The zero-order valence-corrected chi connectivity index (χ0v) is 17.8. The van der Waals surface area contributed by atoms with E-state index in [0.29, 0.717) is 0 Å². The Morgan fingerprint density at radius 1 is 1.23 bits per heavy atom. The molecule has 1 aromatic carbocycles. The van der Waals surface area contributed by atoms with Crippen LogP contribution in [0.3, 0.4) is 0 Å². The predicted octanol–water partition coefficient (Wildman–Crippen LogP) is 4.48. The molecule has 1 amide bonds. The van der Waals surface area contributed by atoms with E-state index < -0.39 is 0 Å². The first-order valence-electron chi connectivity index (χ1n) is 8.58. The standard InChI is InChI=1S/C19H25N3OS.2ClH/c1-13-17(24-18(21-13)15-7-5-4-6-8-15)14(2)22(3)19(23)16-9-11-20-12-10-16;;/h4-8,14,16,20H,9-12H2,1-3H3;2*1H. The van der Waals surface area contributed by atoms with Crippen LogP contribution in [0.1, 0.15) is 36.4 Å². The molecule has 1 aliphatic rings. The Morgan fingerprint density at radius 3 is 2.46 bits per heavy atom. The summed E-state index contributed by atoms with van der Waals surface area (Å²) in [6.45, 7) is 6.03. The SMILES string of the molecule is Cc1nc(-c2ccccc2)sc1C(C)N(C)C(=O)C1CCNCC1.Cl.Cl. The van der Waals surface area contributed by atoms with E-state index >= 15 is 0 Å². The molecule has 1 aliphatic heterocycles. The van der Waals surface area contributed by atoms with Gasteiger partial charge in [0.2, 0.25) is 5.91 Å². The van der Waals surface area contributed by atoms with Gasteiger partial charge in [0.25, 0.3) is 0 Å². The van der Waals surface area contributed by atoms with Crippen molar-refractivity contribution in [2.24, 2.45) is 5.92 Å². The maximum atomic E-state index is 12.8. The van der Waals surface area contributed by atoms with Gasteiger partial charge >= 0.3 is 0 Å². The average Bonchev–Trinajstić information content (AvgIpc) is 3.03. The Labute approximate surface area is 172 Å². The van der Waals surface area contributed by atoms with Crippen LogP contribution in [0.2, 0.25) is 0 Å². The summed E-state index contributed by atoms with van der Waals surface area (Å²) in [6, 6.07) is 10.3. The highest BCUT2D eigenvalue weighted by Crippen LogP contribution is 2.34. The van der Waals surface area contributed by atoms with E-state index in [1.165, 1.54) is 4.88 Å². The van der Waals surface area contributed by atoms with Crippen LogP contribution in [-0.4, -0.2) is 35.9 Å². The fraction of sp³-hybridized carbons (Fsp3) is 0.474. The number of carbonyl (C=O) groups is 1. The molecule has 144 valence electrons. The van der Waals surface area contributed by atoms with E-state index in [9.17, 15) is 4.79 Å². The van der Waals surface area contributed by atoms with Gasteiger partial charge in [0.15, 0.2) is 0 Å². The molecule has 0 radical (unpaired) electrons. The maximum Gasteiger partial charge on any atom is 0.226 e. The van der Waals surface area contributed by atoms with E-state index in [4.69, 9.17) is 4.98 Å². The number of aromatic nitrogens is 1. The van der Waals surface area contributed by atoms with Gasteiger partial charge in [-0.3, -0.25) is 4.79 Å². The summed E-state index contributed by atoms with van der Waals surface area (Å²) in [5.41, 5.74) is 2.16. The molecular weight excluding hydrogens is 389 g/mol. The Balaban J connectivity index is 0.00000169. The van der Waals surface area contributed by atoms with Crippen LogP contribution in [0, 0.1) is 12.8 Å². The number of hydrogen-bond acceptors (Lipinski definition) is 4. The van der Waals surface area contributed by atoms with Gasteiger partial charge in [0.1, 0.15) is 5.01 Å². The van der Waals surface area contributed by atoms with Crippen LogP contribution in [0.4, 0.5) is 0 Å². The van der Waals surface area contributed by atoms with E-state index in [-0.39, 0.29) is 42.7 Å². The highest BCUT2D eigenvalue weighted by atomic mass is 35.5. The fourth-order valence-corrected chi connectivity index (χ4v) is 4.39. The third kappa shape index (κ3) is 4.97. The lowest BCUT2D eigenvalue weighted by Crippen LogP contribution is -2.40. The largest absolute Gasteiger partial charge is 0.338 e. The van der Waals surface area contributed by atoms with Crippen molar-refractivity contribution in [3.63, 3.8) is 0 Å². The predicted molar refractivity (Wildman–Crippen MR) is 114 cm³/mol. The van der Waals surface area contributed by atoms with Gasteiger partial charge in [-0.05, 0) is 39.8 Å². The molecule has 1 fully saturated rings. The second-order valence-electron chi connectivity index (χ2n) is 6.48. The zero-order chi connectivity index (χ0) is 17.1. The third-order valence-corrected chi connectivity index (χ3v) is 6.23. The minimum atomic E-state index is 0. The average molecular weight is 416 g/mol. The summed E-state index contributed by atoms with van der Waals surface area (Å²) < 4.78 is 0. The number of halogens is 2. The van der Waals surface area contributed by atoms with Crippen LogP contribution < -0.4 is 5.32 Å². The number of hydrogen-bond donors (Lipinski definition) is 1. The van der Waals surface area contributed by atoms with Crippen molar-refractivity contribution in [3.8, 4) is 10.6 Å². The highest BCUT2D eigenvalue weighted by Gasteiger charge is 2.28. The van der Waals surface area contributed by atoms with E-state index in [2.05, 4.69) is 24.4 Å². The summed E-state index contributed by atoms with van der Waals surface area (Å²) in [5, 5.41) is 4.35. The number of piperidine rings is 1. The number of nitrogens with one attached hydrogen (secondary N) is 1. The van der Waals surface area contributed by atoms with Gasteiger partial charge in [-0.25, -0.2) is 4.98 Å². The Bertz CT molecular complexity index is 702. The van der Waals surface area contributed by atoms with Gasteiger partial charge in [-0.1, -0.05) is 30.3 Å². The fourth-order valence-electron chi connectivity index (χ4n) is 3.22. The van der Waals surface area contributed by atoms with Gasteiger partial charge in [0.05, 0.1) is 16.6 Å². The lowest BCUT2D eigenvalue weighted by Gasteiger charge is -2.30. The number of nitrogens with zero attached hydrogens (tertiary/aromatic N) is 2. The van der Waals surface area contributed by atoms with E-state index in [1.54, 1.807) is 11.3 Å². The molecule has 2 aromatic rings. The second kappa shape index (κ2) is 10.3. The van der Waals surface area contributed by atoms with Crippen molar-refractivity contribution in [1.82, 2.24) is 15.2 Å². The molecule has 7 heteroatoms. The molecule has 1 aromatic heterocycles. The molecule has 0 bridgehead atoms. The van der Waals surface area contributed by atoms with Crippen molar-refractivity contribution >= 4 is 42.1 Å². The maximum absolute atomic E-state index is 12.8. The molecule has 3 rings (SSSR count). The van der Waals surface area contributed by atoms with Crippen LogP contribution >= 0.6 is 36.2 Å². The molecule has 2 heterocycles. The van der Waals surface area contributed by atoms with Crippen LogP contribution in [-0.2, 0) is 4.79 Å². The van der Waals surface area contributed by atoms with Gasteiger partial charge in [0, 0.05) is 18.5 Å². The topological polar surface area (TPSA) is 45.2 Å². The summed E-state index contributed by atoms with van der Waals surface area (Å²) in [7, 11) is 1.93. The lowest BCUT2D eigenvalue weighted by atomic mass is 9.96. The number of benzene rings is 1. The molecule has 1 saturated heterocycles. The zero-order valence-electron chi connectivity index (χ0n) is 15.4. The number of thiazole rings is 1. The van der Waals surface area contributed by atoms with E-state index in [0.717, 1.165) is 42.2 Å². The molecule has 26 heavy (non-hydrogen) atoms. The second-order valence-corrected chi connectivity index (χ2v) is 7.51. The highest BCUT2D eigenvalue weighted by molar-refractivity contribution is 7.15. The summed E-state index contributed by atoms with van der Waals surface area (Å²) in [4.78, 5) is 20.6. The Kier molecular flexibility index (Phi) is 9.04. The van der Waals surface area contributed by atoms with Crippen LogP contribution in [0.5, 0.6) is 0 Å². The first kappa shape index (κ1) is 22.9. The molecule has 0 aliphatic carbocycles. The van der Waals surface area contributed by atoms with E-state index in [1.807, 2.05) is 37.1 Å². The summed E-state index contributed by atoms with van der Waals surface area (Å²) in [5.74, 6) is 0.415. The van der Waals surface area contributed by atoms with Gasteiger partial charge in [-0.15, -0.1) is 36.2 Å². The van der Waals surface area contributed by atoms with Crippen molar-refractivity contribution in [2.45, 2.75) is 32.7 Å². The first-order valence-corrected chi connectivity index (χ1v) is 9.39. The van der Waals surface area contributed by atoms with Crippen molar-refractivity contribution in [2.75, 3.05) is 20.1 Å². The summed E-state index contributed by atoms with van der Waals surface area (Å²) >= 11 is 1.70. The lowest BCUT2D eigenvalue weighted by molar-refractivity contribution is -0.136. The Hall–Kier alpha value is -1.14. The van der Waals surface area contributed by atoms with Crippen LogP contribution in [0.25, 0.3) is 10.6 Å². The monoisotopic (exact) mass is 415 g/mol.